The van der Waals surface area contributed by atoms with Crippen molar-refractivity contribution < 1.29 is 0 Å². The maximum absolute atomic E-state index is 2.42. The summed E-state index contributed by atoms with van der Waals surface area (Å²) >= 11 is 0. The monoisotopic (exact) mass is 280 g/mol. The van der Waals surface area contributed by atoms with Gasteiger partial charge in [0.05, 0.1) is 0 Å². The molecule has 1 aliphatic rings. The van der Waals surface area contributed by atoms with Crippen LogP contribution in [0, 0.1) is 11.8 Å². The lowest BCUT2D eigenvalue weighted by molar-refractivity contribution is 0.262. The van der Waals surface area contributed by atoms with E-state index in [0.717, 1.165) is 11.8 Å². The van der Waals surface area contributed by atoms with Gasteiger partial charge in [-0.2, -0.15) is 0 Å². The van der Waals surface area contributed by atoms with Gasteiger partial charge in [-0.1, -0.05) is 117 Å². The van der Waals surface area contributed by atoms with Crippen LogP contribution in [0.1, 0.15) is 117 Å². The first kappa shape index (κ1) is 18.1. The van der Waals surface area contributed by atoms with Gasteiger partial charge in [0.15, 0.2) is 0 Å². The van der Waals surface area contributed by atoms with Crippen LogP contribution in [0.5, 0.6) is 0 Å². The van der Waals surface area contributed by atoms with E-state index in [-0.39, 0.29) is 0 Å². The fourth-order valence-corrected chi connectivity index (χ4v) is 4.13. The molecule has 0 unspecified atom stereocenters. The van der Waals surface area contributed by atoms with Crippen molar-refractivity contribution >= 4 is 0 Å². The number of hydrogen-bond donors (Lipinski definition) is 0. The van der Waals surface area contributed by atoms with Crippen LogP contribution in [-0.4, -0.2) is 0 Å². The van der Waals surface area contributed by atoms with Crippen molar-refractivity contribution in [2.75, 3.05) is 0 Å². The van der Waals surface area contributed by atoms with E-state index >= 15 is 0 Å². The van der Waals surface area contributed by atoms with Gasteiger partial charge in [-0.3, -0.25) is 0 Å². The van der Waals surface area contributed by atoms with E-state index in [4.69, 9.17) is 0 Å². The molecule has 0 aromatic rings. The Morgan fingerprint density at radius 2 is 0.700 bits per heavy atom. The highest BCUT2D eigenvalue weighted by molar-refractivity contribution is 4.69. The molecular weight excluding hydrogens is 240 g/mol. The molecular formula is C20H40. The van der Waals surface area contributed by atoms with Gasteiger partial charge < -0.3 is 0 Å². The molecule has 0 heteroatoms. The van der Waals surface area contributed by atoms with Gasteiger partial charge >= 0.3 is 0 Å². The summed E-state index contributed by atoms with van der Waals surface area (Å²) in [6.45, 7) is 4.84. The first-order valence-corrected chi connectivity index (χ1v) is 9.88. The number of hydrogen-bond acceptors (Lipinski definition) is 0. The molecule has 0 spiro atoms. The van der Waals surface area contributed by atoms with Gasteiger partial charge in [0.25, 0.3) is 0 Å². The molecule has 0 amide bonds. The smallest absolute Gasteiger partial charge is 0.0389 e. The van der Waals surface area contributed by atoms with Gasteiger partial charge in [-0.15, -0.1) is 0 Å². The summed E-state index contributed by atoms with van der Waals surface area (Å²) in [7, 11) is 0. The molecule has 0 heterocycles. The highest BCUT2D eigenvalue weighted by Gasteiger charge is 2.17. The van der Waals surface area contributed by atoms with Crippen LogP contribution >= 0.6 is 0 Å². The zero-order valence-electron chi connectivity index (χ0n) is 14.5. The van der Waals surface area contributed by atoms with Crippen molar-refractivity contribution in [3.8, 4) is 0 Å². The SMILES string of the molecule is CC[C@@H]1CCCCCCCCCCCCCC[C@@H]1CC. The van der Waals surface area contributed by atoms with E-state index in [1.165, 1.54) is 103 Å². The lowest BCUT2D eigenvalue weighted by Crippen LogP contribution is -2.13. The van der Waals surface area contributed by atoms with Crippen molar-refractivity contribution in [3.63, 3.8) is 0 Å². The molecule has 0 nitrogen and oxygen atoms in total. The molecule has 1 aliphatic carbocycles. The van der Waals surface area contributed by atoms with Crippen LogP contribution in [-0.2, 0) is 0 Å². The van der Waals surface area contributed by atoms with Gasteiger partial charge in [-0.05, 0) is 11.8 Å². The molecule has 0 N–H and O–H groups in total. The standard InChI is InChI=1S/C20H40/c1-3-19-17-15-13-11-9-7-5-6-8-10-12-14-16-18-20(19)4-2/h19-20H,3-18H2,1-2H3/t19-,20+. The predicted molar refractivity (Wildman–Crippen MR) is 92.2 cm³/mol. The molecule has 0 aliphatic heterocycles. The molecule has 0 aromatic heterocycles. The summed E-state index contributed by atoms with van der Waals surface area (Å²) in [4.78, 5) is 0. The summed E-state index contributed by atoms with van der Waals surface area (Å²) in [6, 6.07) is 0. The maximum atomic E-state index is 2.42. The second kappa shape index (κ2) is 12.7. The van der Waals surface area contributed by atoms with E-state index in [9.17, 15) is 0 Å². The largest absolute Gasteiger partial charge is 0.0651 e. The zero-order valence-corrected chi connectivity index (χ0v) is 14.5. The summed E-state index contributed by atoms with van der Waals surface area (Å²) in [5.41, 5.74) is 0. The Kier molecular flexibility index (Phi) is 11.5. The van der Waals surface area contributed by atoms with E-state index in [2.05, 4.69) is 13.8 Å². The van der Waals surface area contributed by atoms with E-state index < -0.39 is 0 Å². The van der Waals surface area contributed by atoms with Gasteiger partial charge in [0.1, 0.15) is 0 Å². The lowest BCUT2D eigenvalue weighted by Gasteiger charge is -2.25. The zero-order chi connectivity index (χ0) is 14.5. The molecule has 0 saturated heterocycles. The molecule has 1 rings (SSSR count). The van der Waals surface area contributed by atoms with Crippen molar-refractivity contribution in [1.82, 2.24) is 0 Å². The summed E-state index contributed by atoms with van der Waals surface area (Å²) in [5, 5.41) is 0. The summed E-state index contributed by atoms with van der Waals surface area (Å²) in [5.74, 6) is 2.04. The fourth-order valence-electron chi connectivity index (χ4n) is 4.13. The quantitative estimate of drug-likeness (QED) is 0.491. The molecule has 2 atom stereocenters. The Bertz CT molecular complexity index is 174. The maximum Gasteiger partial charge on any atom is -0.0389 e. The topological polar surface area (TPSA) is 0 Å². The summed E-state index contributed by atoms with van der Waals surface area (Å²) in [6.07, 6.45) is 23.8. The van der Waals surface area contributed by atoms with Crippen LogP contribution in [0.15, 0.2) is 0 Å². The molecule has 20 heavy (non-hydrogen) atoms. The van der Waals surface area contributed by atoms with E-state index in [1.807, 2.05) is 0 Å². The lowest BCUT2D eigenvalue weighted by atomic mass is 9.80. The number of rotatable bonds is 2. The van der Waals surface area contributed by atoms with Crippen LogP contribution in [0.25, 0.3) is 0 Å². The molecule has 0 radical (unpaired) electrons. The first-order valence-electron chi connectivity index (χ1n) is 9.88. The third-order valence-electron chi connectivity index (χ3n) is 5.62. The summed E-state index contributed by atoms with van der Waals surface area (Å²) < 4.78 is 0. The minimum Gasteiger partial charge on any atom is -0.0651 e. The highest BCUT2D eigenvalue weighted by Crippen LogP contribution is 2.30. The molecule has 0 aromatic carbocycles. The van der Waals surface area contributed by atoms with Crippen molar-refractivity contribution in [3.05, 3.63) is 0 Å². The van der Waals surface area contributed by atoms with Gasteiger partial charge in [0.2, 0.25) is 0 Å². The average Bonchev–Trinajstić information content (AvgIpc) is 2.47. The Hall–Kier alpha value is 0. The van der Waals surface area contributed by atoms with Crippen molar-refractivity contribution in [2.24, 2.45) is 11.8 Å². The minimum absolute atomic E-state index is 1.02. The van der Waals surface area contributed by atoms with Crippen LogP contribution in [0.3, 0.4) is 0 Å². The Morgan fingerprint density at radius 1 is 0.450 bits per heavy atom. The fraction of sp³-hybridized carbons (Fsp3) is 1.00. The predicted octanol–water partition coefficient (Wildman–Crippen LogP) is 7.51. The second-order valence-corrected chi connectivity index (χ2v) is 7.16. The van der Waals surface area contributed by atoms with Crippen molar-refractivity contribution in [1.29, 1.82) is 0 Å². The van der Waals surface area contributed by atoms with E-state index in [0.29, 0.717) is 0 Å². The third kappa shape index (κ3) is 8.32. The normalized spacial score (nSPS) is 29.1. The Labute approximate surface area is 129 Å². The molecule has 1 saturated carbocycles. The Balaban J connectivity index is 2.34. The minimum atomic E-state index is 1.02. The average molecular weight is 281 g/mol. The van der Waals surface area contributed by atoms with Gasteiger partial charge in [0, 0.05) is 0 Å². The third-order valence-corrected chi connectivity index (χ3v) is 5.62. The molecule has 120 valence electrons. The van der Waals surface area contributed by atoms with E-state index in [1.54, 1.807) is 0 Å². The molecule has 0 bridgehead atoms. The first-order chi connectivity index (χ1) is 9.88. The molecule has 1 fully saturated rings. The van der Waals surface area contributed by atoms with Crippen LogP contribution < -0.4 is 0 Å². The van der Waals surface area contributed by atoms with Crippen LogP contribution in [0.2, 0.25) is 0 Å². The highest BCUT2D eigenvalue weighted by atomic mass is 14.2. The van der Waals surface area contributed by atoms with Gasteiger partial charge in [-0.25, -0.2) is 0 Å². The second-order valence-electron chi connectivity index (χ2n) is 7.16. The van der Waals surface area contributed by atoms with Crippen LogP contribution in [0.4, 0.5) is 0 Å². The Morgan fingerprint density at radius 3 is 0.950 bits per heavy atom. The van der Waals surface area contributed by atoms with Crippen molar-refractivity contribution in [2.45, 2.75) is 117 Å².